The fourth-order valence-electron chi connectivity index (χ4n) is 0.827. The Morgan fingerprint density at radius 1 is 1.55 bits per heavy atom. The molecule has 0 aliphatic rings. The second kappa shape index (κ2) is 5.77. The number of aliphatic carboxylic acids is 1. The molecule has 0 atom stereocenters. The van der Waals surface area contributed by atoms with Crippen LogP contribution >= 0.6 is 0 Å². The SMILES string of the molecule is CCCCC/C(=C/N)C(=O)O. The molecule has 64 valence electrons. The van der Waals surface area contributed by atoms with Gasteiger partial charge in [-0.05, 0) is 12.8 Å². The van der Waals surface area contributed by atoms with Crippen molar-refractivity contribution in [3.63, 3.8) is 0 Å². The van der Waals surface area contributed by atoms with Crippen LogP contribution in [0.1, 0.15) is 32.6 Å². The third-order valence-corrected chi connectivity index (χ3v) is 1.53. The van der Waals surface area contributed by atoms with Crippen LogP contribution in [0.25, 0.3) is 0 Å². The van der Waals surface area contributed by atoms with Gasteiger partial charge in [-0.25, -0.2) is 4.79 Å². The fraction of sp³-hybridized carbons (Fsp3) is 0.625. The van der Waals surface area contributed by atoms with Crippen molar-refractivity contribution in [1.29, 1.82) is 0 Å². The van der Waals surface area contributed by atoms with Crippen molar-refractivity contribution in [2.45, 2.75) is 32.6 Å². The van der Waals surface area contributed by atoms with Gasteiger partial charge in [-0.2, -0.15) is 0 Å². The number of carbonyl (C=O) groups is 1. The molecule has 0 saturated carbocycles. The van der Waals surface area contributed by atoms with Crippen molar-refractivity contribution in [2.75, 3.05) is 0 Å². The highest BCUT2D eigenvalue weighted by atomic mass is 16.4. The molecule has 0 aliphatic heterocycles. The summed E-state index contributed by atoms with van der Waals surface area (Å²) in [6.07, 6.45) is 4.82. The lowest BCUT2D eigenvalue weighted by atomic mass is 10.1. The van der Waals surface area contributed by atoms with E-state index >= 15 is 0 Å². The summed E-state index contributed by atoms with van der Waals surface area (Å²) in [6.45, 7) is 2.08. The lowest BCUT2D eigenvalue weighted by Gasteiger charge is -1.98. The van der Waals surface area contributed by atoms with E-state index in [1.165, 1.54) is 6.20 Å². The van der Waals surface area contributed by atoms with Crippen LogP contribution < -0.4 is 5.73 Å². The van der Waals surface area contributed by atoms with Gasteiger partial charge >= 0.3 is 5.97 Å². The van der Waals surface area contributed by atoms with Gasteiger partial charge in [0.25, 0.3) is 0 Å². The van der Waals surface area contributed by atoms with Gasteiger partial charge in [0, 0.05) is 6.20 Å². The molecule has 0 aromatic carbocycles. The van der Waals surface area contributed by atoms with E-state index in [4.69, 9.17) is 10.8 Å². The average molecular weight is 157 g/mol. The Morgan fingerprint density at radius 2 is 2.18 bits per heavy atom. The van der Waals surface area contributed by atoms with Gasteiger partial charge in [-0.1, -0.05) is 19.8 Å². The molecule has 0 rings (SSSR count). The van der Waals surface area contributed by atoms with Crippen LogP contribution in [0.15, 0.2) is 11.8 Å². The van der Waals surface area contributed by atoms with Gasteiger partial charge in [0.15, 0.2) is 0 Å². The zero-order valence-electron chi connectivity index (χ0n) is 6.84. The van der Waals surface area contributed by atoms with Crippen molar-refractivity contribution in [1.82, 2.24) is 0 Å². The quantitative estimate of drug-likeness (QED) is 0.469. The lowest BCUT2D eigenvalue weighted by Crippen LogP contribution is -2.03. The lowest BCUT2D eigenvalue weighted by molar-refractivity contribution is -0.132. The molecule has 0 aromatic heterocycles. The highest BCUT2D eigenvalue weighted by Gasteiger charge is 2.04. The average Bonchev–Trinajstić information content (AvgIpc) is 1.97. The molecule has 0 aromatic rings. The first-order valence-corrected chi connectivity index (χ1v) is 3.86. The Bertz CT molecular complexity index is 152. The third kappa shape index (κ3) is 4.42. The Kier molecular flexibility index (Phi) is 5.25. The van der Waals surface area contributed by atoms with Gasteiger partial charge in [0.05, 0.1) is 5.57 Å². The van der Waals surface area contributed by atoms with Crippen molar-refractivity contribution in [2.24, 2.45) is 5.73 Å². The van der Waals surface area contributed by atoms with Crippen LogP contribution in [-0.4, -0.2) is 11.1 Å². The number of carboxylic acid groups (broad SMARTS) is 1. The smallest absolute Gasteiger partial charge is 0.333 e. The van der Waals surface area contributed by atoms with Gasteiger partial charge < -0.3 is 10.8 Å². The molecule has 3 N–H and O–H groups in total. The normalized spacial score (nSPS) is 11.5. The van der Waals surface area contributed by atoms with Crippen molar-refractivity contribution < 1.29 is 9.90 Å². The zero-order valence-corrected chi connectivity index (χ0v) is 6.84. The van der Waals surface area contributed by atoms with Crippen LogP contribution in [0.5, 0.6) is 0 Å². The van der Waals surface area contributed by atoms with Gasteiger partial charge in [-0.15, -0.1) is 0 Å². The maximum atomic E-state index is 10.4. The minimum Gasteiger partial charge on any atom is -0.478 e. The van der Waals surface area contributed by atoms with Crippen LogP contribution in [0.3, 0.4) is 0 Å². The number of hydrogen-bond donors (Lipinski definition) is 2. The van der Waals surface area contributed by atoms with Crippen LogP contribution in [0.2, 0.25) is 0 Å². The first-order valence-electron chi connectivity index (χ1n) is 3.86. The Morgan fingerprint density at radius 3 is 2.55 bits per heavy atom. The topological polar surface area (TPSA) is 63.3 Å². The van der Waals surface area contributed by atoms with Crippen molar-refractivity contribution in [3.05, 3.63) is 11.8 Å². The largest absolute Gasteiger partial charge is 0.478 e. The van der Waals surface area contributed by atoms with Crippen LogP contribution in [-0.2, 0) is 4.79 Å². The summed E-state index contributed by atoms with van der Waals surface area (Å²) in [4.78, 5) is 10.4. The van der Waals surface area contributed by atoms with E-state index in [1.54, 1.807) is 0 Å². The zero-order chi connectivity index (χ0) is 8.69. The number of hydrogen-bond acceptors (Lipinski definition) is 2. The van der Waals surface area contributed by atoms with Crippen LogP contribution in [0.4, 0.5) is 0 Å². The van der Waals surface area contributed by atoms with E-state index in [1.807, 2.05) is 0 Å². The summed E-state index contributed by atoms with van der Waals surface area (Å²) in [7, 11) is 0. The molecule has 3 heteroatoms. The molecular weight excluding hydrogens is 142 g/mol. The minimum atomic E-state index is -0.899. The van der Waals surface area contributed by atoms with Gasteiger partial charge in [-0.3, -0.25) is 0 Å². The number of carboxylic acids is 1. The van der Waals surface area contributed by atoms with E-state index < -0.39 is 5.97 Å². The molecule has 0 fully saturated rings. The molecule has 0 saturated heterocycles. The molecule has 0 spiro atoms. The summed E-state index contributed by atoms with van der Waals surface area (Å²) < 4.78 is 0. The fourth-order valence-corrected chi connectivity index (χ4v) is 0.827. The number of rotatable bonds is 5. The molecule has 11 heavy (non-hydrogen) atoms. The van der Waals surface area contributed by atoms with E-state index in [9.17, 15) is 4.79 Å². The van der Waals surface area contributed by atoms with Gasteiger partial charge in [0.2, 0.25) is 0 Å². The molecule has 0 radical (unpaired) electrons. The summed E-state index contributed by atoms with van der Waals surface area (Å²) in [5.74, 6) is -0.899. The van der Waals surface area contributed by atoms with E-state index in [0.29, 0.717) is 12.0 Å². The van der Waals surface area contributed by atoms with E-state index in [0.717, 1.165) is 19.3 Å². The third-order valence-electron chi connectivity index (χ3n) is 1.53. The standard InChI is InChI=1S/C8H15NO2/c1-2-3-4-5-7(6-9)8(10)11/h6H,2-5,9H2,1H3,(H,10,11)/b7-6-. The molecule has 0 bridgehead atoms. The maximum Gasteiger partial charge on any atom is 0.333 e. The summed E-state index contributed by atoms with van der Waals surface area (Å²) >= 11 is 0. The van der Waals surface area contributed by atoms with Crippen molar-refractivity contribution in [3.8, 4) is 0 Å². The molecule has 0 heterocycles. The van der Waals surface area contributed by atoms with Crippen LogP contribution in [0, 0.1) is 0 Å². The summed E-state index contributed by atoms with van der Waals surface area (Å²) in [6, 6.07) is 0. The highest BCUT2D eigenvalue weighted by molar-refractivity contribution is 5.86. The summed E-state index contributed by atoms with van der Waals surface area (Å²) in [5.41, 5.74) is 5.43. The second-order valence-corrected chi connectivity index (χ2v) is 2.45. The number of nitrogens with two attached hydrogens (primary N) is 1. The first kappa shape index (κ1) is 10.0. The molecular formula is C8H15NO2. The maximum absolute atomic E-state index is 10.4. The molecule has 0 aliphatic carbocycles. The Balaban J connectivity index is 3.63. The summed E-state index contributed by atoms with van der Waals surface area (Å²) in [5, 5.41) is 8.52. The Labute approximate surface area is 66.9 Å². The molecule has 0 unspecified atom stereocenters. The predicted octanol–water partition coefficient (Wildman–Crippen LogP) is 1.49. The second-order valence-electron chi connectivity index (χ2n) is 2.45. The van der Waals surface area contributed by atoms with E-state index in [-0.39, 0.29) is 0 Å². The predicted molar refractivity (Wildman–Crippen MR) is 44.0 cm³/mol. The first-order chi connectivity index (χ1) is 5.22. The highest BCUT2D eigenvalue weighted by Crippen LogP contribution is 2.07. The Hall–Kier alpha value is -0.990. The molecule has 0 amide bonds. The number of unbranched alkanes of at least 4 members (excludes halogenated alkanes) is 2. The minimum absolute atomic E-state index is 0.318. The van der Waals surface area contributed by atoms with E-state index in [2.05, 4.69) is 6.92 Å². The monoisotopic (exact) mass is 157 g/mol. The van der Waals surface area contributed by atoms with Gasteiger partial charge in [0.1, 0.15) is 0 Å². The molecule has 3 nitrogen and oxygen atoms in total. The van der Waals surface area contributed by atoms with Crippen molar-refractivity contribution >= 4 is 5.97 Å².